The smallest absolute Gasteiger partial charge is 0.265 e. The number of benzene rings is 2. The minimum atomic E-state index is -0.484. The van der Waals surface area contributed by atoms with Crippen molar-refractivity contribution in [2.45, 2.75) is 25.9 Å². The van der Waals surface area contributed by atoms with Gasteiger partial charge in [-0.25, -0.2) is 4.39 Å². The molecule has 0 aliphatic rings. The van der Waals surface area contributed by atoms with Crippen LogP contribution in [-0.4, -0.2) is 26.3 Å². The summed E-state index contributed by atoms with van der Waals surface area (Å²) in [5, 5.41) is 13.0. The predicted molar refractivity (Wildman–Crippen MR) is 111 cm³/mol. The number of carbonyl (C=O) groups is 1. The third-order valence-electron chi connectivity index (χ3n) is 4.41. The SMILES string of the molecule is Cc1cccc(C)c1NC(=O)CSc1nc(O)c(C)c(=O)n1-c1ccc(F)cc1. The second kappa shape index (κ2) is 8.48. The van der Waals surface area contributed by atoms with Crippen molar-refractivity contribution in [3.63, 3.8) is 0 Å². The lowest BCUT2D eigenvalue weighted by Crippen LogP contribution is -2.24. The van der Waals surface area contributed by atoms with Crippen molar-refractivity contribution in [1.29, 1.82) is 0 Å². The molecule has 0 radical (unpaired) electrons. The van der Waals surface area contributed by atoms with Crippen LogP contribution in [0.1, 0.15) is 16.7 Å². The summed E-state index contributed by atoms with van der Waals surface area (Å²) in [5.74, 6) is -1.13. The van der Waals surface area contributed by atoms with Gasteiger partial charge in [-0.1, -0.05) is 30.0 Å². The van der Waals surface area contributed by atoms with Crippen molar-refractivity contribution in [3.05, 3.63) is 75.3 Å². The van der Waals surface area contributed by atoms with Crippen LogP contribution in [0.2, 0.25) is 0 Å². The van der Waals surface area contributed by atoms with E-state index in [0.717, 1.165) is 28.6 Å². The van der Waals surface area contributed by atoms with Gasteiger partial charge in [-0.05, 0) is 56.2 Å². The van der Waals surface area contributed by atoms with Gasteiger partial charge in [0.15, 0.2) is 5.16 Å². The summed E-state index contributed by atoms with van der Waals surface area (Å²) in [6.45, 7) is 5.26. The van der Waals surface area contributed by atoms with Crippen molar-refractivity contribution in [1.82, 2.24) is 9.55 Å². The number of anilines is 1. The average Bonchev–Trinajstić information content (AvgIpc) is 2.68. The van der Waals surface area contributed by atoms with Gasteiger partial charge in [0.25, 0.3) is 5.56 Å². The number of carbonyl (C=O) groups excluding carboxylic acids is 1. The molecule has 0 aliphatic heterocycles. The minimum Gasteiger partial charge on any atom is -0.493 e. The molecule has 1 heterocycles. The molecule has 0 unspecified atom stereocenters. The number of hydrogen-bond acceptors (Lipinski definition) is 5. The zero-order chi connectivity index (χ0) is 21.1. The molecule has 0 aliphatic carbocycles. The third kappa shape index (κ3) is 4.48. The van der Waals surface area contributed by atoms with Crippen molar-refractivity contribution >= 4 is 23.4 Å². The molecule has 8 heteroatoms. The number of hydrogen-bond donors (Lipinski definition) is 2. The number of amides is 1. The number of thioether (sulfide) groups is 1. The van der Waals surface area contributed by atoms with E-state index in [4.69, 9.17) is 0 Å². The Morgan fingerprint density at radius 3 is 2.38 bits per heavy atom. The largest absolute Gasteiger partial charge is 0.493 e. The quantitative estimate of drug-likeness (QED) is 0.492. The Labute approximate surface area is 171 Å². The molecule has 150 valence electrons. The second-order valence-electron chi connectivity index (χ2n) is 6.56. The van der Waals surface area contributed by atoms with Crippen LogP contribution in [0.5, 0.6) is 5.88 Å². The van der Waals surface area contributed by atoms with Crippen LogP contribution in [0.4, 0.5) is 10.1 Å². The van der Waals surface area contributed by atoms with Crippen LogP contribution in [0.3, 0.4) is 0 Å². The molecule has 2 N–H and O–H groups in total. The summed E-state index contributed by atoms with van der Waals surface area (Å²) in [6.07, 6.45) is 0. The molecule has 2 aromatic carbocycles. The number of para-hydroxylation sites is 1. The fourth-order valence-electron chi connectivity index (χ4n) is 2.81. The molecular formula is C21H20FN3O3S. The van der Waals surface area contributed by atoms with Gasteiger partial charge in [-0.2, -0.15) is 4.98 Å². The highest BCUT2D eigenvalue weighted by Crippen LogP contribution is 2.24. The fraction of sp³-hybridized carbons (Fsp3) is 0.190. The first-order valence-electron chi connectivity index (χ1n) is 8.85. The number of aromatic nitrogens is 2. The minimum absolute atomic E-state index is 0.0239. The molecule has 29 heavy (non-hydrogen) atoms. The monoisotopic (exact) mass is 413 g/mol. The van der Waals surface area contributed by atoms with Crippen LogP contribution >= 0.6 is 11.8 Å². The zero-order valence-electron chi connectivity index (χ0n) is 16.2. The van der Waals surface area contributed by atoms with E-state index in [9.17, 15) is 19.1 Å². The summed E-state index contributed by atoms with van der Waals surface area (Å²) in [5.41, 5.74) is 2.61. The van der Waals surface area contributed by atoms with E-state index in [-0.39, 0.29) is 22.4 Å². The highest BCUT2D eigenvalue weighted by Gasteiger charge is 2.17. The standard InChI is InChI=1S/C21H20FN3O3S/c1-12-5-4-6-13(2)18(12)23-17(26)11-29-21-24-19(27)14(3)20(28)25(21)16-9-7-15(22)8-10-16/h4-10,27H,11H2,1-3H3,(H,23,26). The Morgan fingerprint density at radius 2 is 1.76 bits per heavy atom. The van der Waals surface area contributed by atoms with Crippen molar-refractivity contribution in [2.75, 3.05) is 11.1 Å². The zero-order valence-corrected chi connectivity index (χ0v) is 17.0. The number of halogens is 1. The first-order valence-corrected chi connectivity index (χ1v) is 9.84. The van der Waals surface area contributed by atoms with Gasteiger partial charge in [-0.3, -0.25) is 14.2 Å². The lowest BCUT2D eigenvalue weighted by Gasteiger charge is -2.14. The number of nitrogens with zero attached hydrogens (tertiary/aromatic N) is 2. The Morgan fingerprint density at radius 1 is 1.14 bits per heavy atom. The van der Waals surface area contributed by atoms with Crippen LogP contribution < -0.4 is 10.9 Å². The molecule has 0 spiro atoms. The normalized spacial score (nSPS) is 10.8. The second-order valence-corrected chi connectivity index (χ2v) is 7.51. The van der Waals surface area contributed by atoms with Gasteiger partial charge in [-0.15, -0.1) is 0 Å². The molecule has 0 saturated carbocycles. The summed E-state index contributed by atoms with van der Waals surface area (Å²) < 4.78 is 14.5. The maximum atomic E-state index is 13.3. The first kappa shape index (κ1) is 20.6. The number of aryl methyl sites for hydroxylation is 2. The van der Waals surface area contributed by atoms with E-state index in [1.54, 1.807) is 0 Å². The predicted octanol–water partition coefficient (Wildman–Crippen LogP) is 3.73. The van der Waals surface area contributed by atoms with E-state index < -0.39 is 17.3 Å². The molecule has 3 aromatic rings. The van der Waals surface area contributed by atoms with Gasteiger partial charge >= 0.3 is 0 Å². The molecule has 0 bridgehead atoms. The van der Waals surface area contributed by atoms with Gasteiger partial charge < -0.3 is 10.4 Å². The summed E-state index contributed by atoms with van der Waals surface area (Å²) >= 11 is 1.01. The summed E-state index contributed by atoms with van der Waals surface area (Å²) in [7, 11) is 0. The van der Waals surface area contributed by atoms with Crippen LogP contribution in [-0.2, 0) is 4.79 Å². The number of rotatable bonds is 5. The Balaban J connectivity index is 1.88. The van der Waals surface area contributed by atoms with Crippen molar-refractivity contribution < 1.29 is 14.3 Å². The first-order chi connectivity index (χ1) is 13.8. The molecule has 0 atom stereocenters. The fourth-order valence-corrected chi connectivity index (χ4v) is 3.61. The average molecular weight is 413 g/mol. The van der Waals surface area contributed by atoms with Crippen molar-refractivity contribution in [2.24, 2.45) is 0 Å². The van der Waals surface area contributed by atoms with Crippen LogP contribution in [0.15, 0.2) is 52.4 Å². The lowest BCUT2D eigenvalue weighted by molar-refractivity contribution is -0.113. The summed E-state index contributed by atoms with van der Waals surface area (Å²) in [4.78, 5) is 29.2. The maximum absolute atomic E-state index is 13.3. The van der Waals surface area contributed by atoms with Crippen LogP contribution in [0.25, 0.3) is 5.69 Å². The number of nitrogens with one attached hydrogen (secondary N) is 1. The molecular weight excluding hydrogens is 393 g/mol. The lowest BCUT2D eigenvalue weighted by atomic mass is 10.1. The van der Waals surface area contributed by atoms with Gasteiger partial charge in [0.05, 0.1) is 17.0 Å². The molecule has 6 nitrogen and oxygen atoms in total. The van der Waals surface area contributed by atoms with Crippen molar-refractivity contribution in [3.8, 4) is 11.6 Å². The molecule has 0 fully saturated rings. The van der Waals surface area contributed by atoms with E-state index in [2.05, 4.69) is 10.3 Å². The summed E-state index contributed by atoms with van der Waals surface area (Å²) in [6, 6.07) is 11.1. The highest BCUT2D eigenvalue weighted by molar-refractivity contribution is 7.99. The Hall–Kier alpha value is -3.13. The molecule has 1 aromatic heterocycles. The van der Waals surface area contributed by atoms with Gasteiger partial charge in [0.2, 0.25) is 11.8 Å². The Kier molecular flexibility index (Phi) is 6.03. The Bertz CT molecular complexity index is 1110. The highest BCUT2D eigenvalue weighted by atomic mass is 32.2. The van der Waals surface area contributed by atoms with E-state index >= 15 is 0 Å². The van der Waals surface area contributed by atoms with Gasteiger partial charge in [0.1, 0.15) is 5.82 Å². The molecule has 0 saturated heterocycles. The molecule has 3 rings (SSSR count). The van der Waals surface area contributed by atoms with Gasteiger partial charge in [0, 0.05) is 5.69 Å². The third-order valence-corrected chi connectivity index (χ3v) is 5.35. The van der Waals surface area contributed by atoms with E-state index in [1.807, 2.05) is 32.0 Å². The van der Waals surface area contributed by atoms with E-state index in [0.29, 0.717) is 5.69 Å². The topological polar surface area (TPSA) is 84.2 Å². The molecule has 1 amide bonds. The number of aromatic hydroxyl groups is 1. The maximum Gasteiger partial charge on any atom is 0.265 e. The van der Waals surface area contributed by atoms with E-state index in [1.165, 1.54) is 35.8 Å². The van der Waals surface area contributed by atoms with Crippen LogP contribution in [0, 0.1) is 26.6 Å².